The second-order valence-corrected chi connectivity index (χ2v) is 8.63. The van der Waals surface area contributed by atoms with E-state index in [1.165, 1.54) is 54.5 Å². The van der Waals surface area contributed by atoms with Crippen molar-refractivity contribution in [2.75, 3.05) is 13.3 Å². The Kier molecular flexibility index (Phi) is 25.8. The molecular formula is C29H52N4S. The lowest BCUT2D eigenvalue weighted by molar-refractivity contribution is 0.499. The molecule has 1 aliphatic carbocycles. The first-order valence-corrected chi connectivity index (χ1v) is 12.3. The van der Waals surface area contributed by atoms with Gasteiger partial charge in [-0.15, -0.1) is 11.8 Å². The second-order valence-electron chi connectivity index (χ2n) is 7.75. The first-order chi connectivity index (χ1) is 15.0. The van der Waals surface area contributed by atoms with Crippen molar-refractivity contribution in [3.63, 3.8) is 0 Å². The van der Waals surface area contributed by atoms with Gasteiger partial charge >= 0.3 is 0 Å². The van der Waals surface area contributed by atoms with Crippen LogP contribution in [-0.4, -0.2) is 33.9 Å². The smallest absolute Gasteiger partial charge is 0.0943 e. The van der Waals surface area contributed by atoms with Gasteiger partial charge in [0.25, 0.3) is 0 Å². The first kappa shape index (κ1) is 36.5. The van der Waals surface area contributed by atoms with Crippen LogP contribution < -0.4 is 5.32 Å². The zero-order valence-corrected chi connectivity index (χ0v) is 20.7. The summed E-state index contributed by atoms with van der Waals surface area (Å²) in [6, 6.07) is 13.3. The number of imidazole rings is 1. The molecule has 3 aromatic rings. The van der Waals surface area contributed by atoms with Gasteiger partial charge < -0.3 is 9.88 Å². The lowest BCUT2D eigenvalue weighted by Gasteiger charge is -2.10. The van der Waals surface area contributed by atoms with E-state index in [2.05, 4.69) is 59.8 Å². The maximum absolute atomic E-state index is 3.88. The van der Waals surface area contributed by atoms with Crippen LogP contribution in [0.3, 0.4) is 0 Å². The van der Waals surface area contributed by atoms with Crippen LogP contribution in [0, 0.1) is 13.8 Å². The van der Waals surface area contributed by atoms with Gasteiger partial charge in [-0.2, -0.15) is 0 Å². The quantitative estimate of drug-likeness (QED) is 0.291. The number of nitrogens with zero attached hydrogens (tertiary/aromatic N) is 3. The Bertz CT molecular complexity index is 751. The molecule has 0 amide bonds. The van der Waals surface area contributed by atoms with Crippen molar-refractivity contribution in [2.24, 2.45) is 7.05 Å². The van der Waals surface area contributed by atoms with E-state index in [4.69, 9.17) is 0 Å². The Morgan fingerprint density at radius 3 is 1.79 bits per heavy atom. The monoisotopic (exact) mass is 488 g/mol. The minimum Gasteiger partial charge on any atom is -0.341 e. The third-order valence-corrected chi connectivity index (χ3v) is 5.71. The summed E-state index contributed by atoms with van der Waals surface area (Å²) in [5.41, 5.74) is 2.54. The third kappa shape index (κ3) is 19.4. The first-order valence-electron chi connectivity index (χ1n) is 11.1. The Morgan fingerprint density at radius 1 is 0.853 bits per heavy atom. The zero-order valence-electron chi connectivity index (χ0n) is 19.9. The summed E-state index contributed by atoms with van der Waals surface area (Å²) in [6.07, 6.45) is 19.7. The molecule has 1 N–H and O–H groups in total. The minimum atomic E-state index is 0. The Morgan fingerprint density at radius 2 is 1.47 bits per heavy atom. The molecule has 0 aliphatic heterocycles. The van der Waals surface area contributed by atoms with E-state index in [-0.39, 0.29) is 22.3 Å². The average molecular weight is 489 g/mol. The summed E-state index contributed by atoms with van der Waals surface area (Å²) in [5, 5.41) is 3.34. The summed E-state index contributed by atoms with van der Waals surface area (Å²) in [4.78, 5) is 9.00. The van der Waals surface area contributed by atoms with Gasteiger partial charge in [-0.05, 0) is 63.8 Å². The Labute approximate surface area is 216 Å². The van der Waals surface area contributed by atoms with Gasteiger partial charge in [0.05, 0.1) is 6.33 Å². The van der Waals surface area contributed by atoms with Crippen molar-refractivity contribution in [1.82, 2.24) is 19.9 Å². The summed E-state index contributed by atoms with van der Waals surface area (Å²) in [7, 11) is 4.02. The number of hydrogen-bond acceptors (Lipinski definition) is 4. The van der Waals surface area contributed by atoms with Gasteiger partial charge in [-0.3, -0.25) is 4.98 Å². The molecule has 4 rings (SSSR count). The lowest BCUT2D eigenvalue weighted by atomic mass is 10.1. The minimum absolute atomic E-state index is 0. The molecule has 34 heavy (non-hydrogen) atoms. The van der Waals surface area contributed by atoms with Gasteiger partial charge in [0.2, 0.25) is 0 Å². The van der Waals surface area contributed by atoms with Gasteiger partial charge in [0.1, 0.15) is 0 Å². The molecular weight excluding hydrogens is 436 g/mol. The number of pyridine rings is 1. The molecule has 1 aliphatic rings. The van der Waals surface area contributed by atoms with E-state index in [1.807, 2.05) is 43.1 Å². The number of rotatable bonds is 2. The lowest BCUT2D eigenvalue weighted by Crippen LogP contribution is -2.23. The SMILES string of the molecule is C.C.C.CNC1CCCCCC1.CSc1ccc(C)cc1.Cc1cccnc1.Cn1ccnc1. The van der Waals surface area contributed by atoms with Crippen LogP contribution in [0.1, 0.15) is 71.9 Å². The maximum Gasteiger partial charge on any atom is 0.0943 e. The number of thioether (sulfide) groups is 1. The standard InChI is InChI=1S/C8H17N.C8H10S.C6H7N.C4H6N2.3CH4/c1-9-8-6-4-2-3-5-7-8;1-7-3-5-8(9-2)6-4-7;1-6-3-2-4-7-5-6;1-6-3-2-5-4-6;;;/h8-9H,2-7H2,1H3;3-6H,1-2H3;2-5H,1H3;2-4H,1H3;3*1H4. The van der Waals surface area contributed by atoms with Crippen LogP contribution >= 0.6 is 11.8 Å². The van der Waals surface area contributed by atoms with Crippen molar-refractivity contribution >= 4 is 11.8 Å². The summed E-state index contributed by atoms with van der Waals surface area (Å²) < 4.78 is 1.89. The fourth-order valence-electron chi connectivity index (χ4n) is 3.02. The number of nitrogens with one attached hydrogen (secondary N) is 1. The molecule has 1 saturated carbocycles. The van der Waals surface area contributed by atoms with E-state index >= 15 is 0 Å². The number of aromatic nitrogens is 3. The van der Waals surface area contributed by atoms with Gasteiger partial charge in [0.15, 0.2) is 0 Å². The van der Waals surface area contributed by atoms with Crippen molar-refractivity contribution in [3.05, 3.63) is 78.6 Å². The predicted molar refractivity (Wildman–Crippen MR) is 156 cm³/mol. The molecule has 0 atom stereocenters. The molecule has 1 fully saturated rings. The van der Waals surface area contributed by atoms with E-state index in [9.17, 15) is 0 Å². The van der Waals surface area contributed by atoms with Crippen molar-refractivity contribution in [1.29, 1.82) is 0 Å². The van der Waals surface area contributed by atoms with Crippen LogP contribution in [0.15, 0.2) is 72.4 Å². The van der Waals surface area contributed by atoms with Gasteiger partial charge in [0, 0.05) is 42.8 Å². The van der Waals surface area contributed by atoms with Crippen LogP contribution in [0.5, 0.6) is 0 Å². The number of benzene rings is 1. The molecule has 2 aromatic heterocycles. The molecule has 5 heteroatoms. The molecule has 0 radical (unpaired) electrons. The van der Waals surface area contributed by atoms with Gasteiger partial charge in [-0.1, -0.05) is 71.7 Å². The molecule has 0 bridgehead atoms. The van der Waals surface area contributed by atoms with Crippen LogP contribution in [-0.2, 0) is 7.05 Å². The van der Waals surface area contributed by atoms with Crippen molar-refractivity contribution in [3.8, 4) is 0 Å². The fraction of sp³-hybridized carbons (Fsp3) is 0.517. The van der Waals surface area contributed by atoms with Crippen molar-refractivity contribution in [2.45, 2.75) is 85.6 Å². The van der Waals surface area contributed by atoms with E-state index in [0.29, 0.717) is 0 Å². The highest BCUT2D eigenvalue weighted by molar-refractivity contribution is 7.98. The molecule has 0 saturated heterocycles. The van der Waals surface area contributed by atoms with Crippen LogP contribution in [0.2, 0.25) is 0 Å². The molecule has 2 heterocycles. The van der Waals surface area contributed by atoms with Crippen LogP contribution in [0.4, 0.5) is 0 Å². The summed E-state index contributed by atoms with van der Waals surface area (Å²) in [5.74, 6) is 0. The maximum atomic E-state index is 3.88. The summed E-state index contributed by atoms with van der Waals surface area (Å²) >= 11 is 1.78. The third-order valence-electron chi connectivity index (χ3n) is 4.97. The average Bonchev–Trinajstić information content (AvgIpc) is 3.12. The molecule has 1 aromatic carbocycles. The van der Waals surface area contributed by atoms with Crippen molar-refractivity contribution < 1.29 is 0 Å². The molecule has 0 spiro atoms. The largest absolute Gasteiger partial charge is 0.341 e. The fourth-order valence-corrected chi connectivity index (χ4v) is 3.42. The van der Waals surface area contributed by atoms with Crippen LogP contribution in [0.25, 0.3) is 0 Å². The van der Waals surface area contributed by atoms with E-state index in [0.717, 1.165) is 6.04 Å². The molecule has 0 unspecified atom stereocenters. The Hall–Kier alpha value is -2.11. The van der Waals surface area contributed by atoms with E-state index in [1.54, 1.807) is 30.5 Å². The predicted octanol–water partition coefficient (Wildman–Crippen LogP) is 8.36. The number of hydrogen-bond donors (Lipinski definition) is 1. The highest BCUT2D eigenvalue weighted by Crippen LogP contribution is 2.16. The van der Waals surface area contributed by atoms with E-state index < -0.39 is 0 Å². The molecule has 4 nitrogen and oxygen atoms in total. The summed E-state index contributed by atoms with van der Waals surface area (Å²) in [6.45, 7) is 4.12. The Balaban J connectivity index is -0.000000370. The molecule has 194 valence electrons. The highest BCUT2D eigenvalue weighted by atomic mass is 32.2. The zero-order chi connectivity index (χ0) is 22.7. The second kappa shape index (κ2) is 24.0. The normalized spacial score (nSPS) is 12.1. The topological polar surface area (TPSA) is 42.7 Å². The van der Waals surface area contributed by atoms with Gasteiger partial charge in [-0.25, -0.2) is 4.98 Å². The number of aryl methyl sites for hydroxylation is 3. The highest BCUT2D eigenvalue weighted by Gasteiger charge is 2.08.